The highest BCUT2D eigenvalue weighted by molar-refractivity contribution is 6.39. The number of rotatable bonds is 2. The summed E-state index contributed by atoms with van der Waals surface area (Å²) in [5, 5.41) is 2.84. The van der Waals surface area contributed by atoms with E-state index < -0.39 is 23.6 Å². The summed E-state index contributed by atoms with van der Waals surface area (Å²) in [5.74, 6) is -2.06. The van der Waals surface area contributed by atoms with Crippen molar-refractivity contribution in [2.24, 2.45) is 0 Å². The first-order valence-electron chi connectivity index (χ1n) is 8.63. The molecule has 134 valence electrons. The topological polar surface area (TPSA) is 74.8 Å². The van der Waals surface area contributed by atoms with E-state index in [1.54, 1.807) is 24.3 Å². The van der Waals surface area contributed by atoms with Gasteiger partial charge in [0.05, 0.1) is 11.4 Å². The summed E-state index contributed by atoms with van der Waals surface area (Å²) < 4.78 is 0. The third kappa shape index (κ3) is 2.08. The van der Waals surface area contributed by atoms with Gasteiger partial charge in [-0.1, -0.05) is 48.5 Å². The minimum absolute atomic E-state index is 0.236. The van der Waals surface area contributed by atoms with Crippen LogP contribution < -0.4 is 9.80 Å². The Morgan fingerprint density at radius 2 is 0.714 bits per heavy atom. The van der Waals surface area contributed by atoms with Gasteiger partial charge in [0.25, 0.3) is 23.6 Å². The molecule has 0 atom stereocenters. The van der Waals surface area contributed by atoms with Crippen LogP contribution in [0, 0.1) is 0 Å². The Kier molecular flexibility index (Phi) is 3.30. The quantitative estimate of drug-likeness (QED) is 0.515. The Bertz CT molecular complexity index is 1170. The lowest BCUT2D eigenvalue weighted by Crippen LogP contribution is -2.35. The molecule has 3 aromatic carbocycles. The fourth-order valence-electron chi connectivity index (χ4n) is 3.80. The number of amides is 4. The number of nitrogens with zero attached hydrogens (tertiary/aromatic N) is 2. The summed E-state index contributed by atoms with van der Waals surface area (Å²) in [4.78, 5) is 52.1. The summed E-state index contributed by atoms with van der Waals surface area (Å²) >= 11 is 0. The van der Waals surface area contributed by atoms with Crippen molar-refractivity contribution in [3.63, 3.8) is 0 Å². The van der Waals surface area contributed by atoms with Crippen molar-refractivity contribution in [1.29, 1.82) is 0 Å². The Hall–Kier alpha value is -4.06. The third-order valence-electron chi connectivity index (χ3n) is 4.94. The summed E-state index contributed by atoms with van der Waals surface area (Å²) in [5.41, 5.74) is 0.472. The first-order chi connectivity index (χ1) is 13.6. The molecular weight excluding hydrogens is 356 g/mol. The predicted molar refractivity (Wildman–Crippen MR) is 105 cm³/mol. The third-order valence-corrected chi connectivity index (χ3v) is 4.94. The van der Waals surface area contributed by atoms with Crippen molar-refractivity contribution in [3.05, 3.63) is 72.8 Å². The van der Waals surface area contributed by atoms with E-state index in [9.17, 15) is 19.2 Å². The largest absolute Gasteiger partial charge is 0.269 e. The molecule has 0 radical (unpaired) electrons. The molecule has 2 heterocycles. The molecule has 0 saturated carbocycles. The number of imide groups is 2. The minimum Gasteiger partial charge on any atom is -0.269 e. The van der Waals surface area contributed by atoms with Crippen LogP contribution in [0.3, 0.4) is 0 Å². The molecule has 0 spiro atoms. The number of anilines is 2. The van der Waals surface area contributed by atoms with Crippen molar-refractivity contribution < 1.29 is 19.2 Å². The number of benzene rings is 3. The van der Waals surface area contributed by atoms with E-state index in [0.717, 1.165) is 20.6 Å². The Morgan fingerprint density at radius 3 is 1.04 bits per heavy atom. The summed E-state index contributed by atoms with van der Waals surface area (Å²) in [6, 6.07) is 14.6. The molecule has 0 bridgehead atoms. The van der Waals surface area contributed by atoms with Gasteiger partial charge in [0.1, 0.15) is 0 Å². The molecule has 2 aliphatic rings. The van der Waals surface area contributed by atoms with Crippen LogP contribution >= 0.6 is 0 Å². The Morgan fingerprint density at radius 1 is 0.429 bits per heavy atom. The van der Waals surface area contributed by atoms with E-state index in [2.05, 4.69) is 0 Å². The minimum atomic E-state index is -0.515. The molecule has 0 aromatic heterocycles. The molecule has 0 unspecified atom stereocenters. The van der Waals surface area contributed by atoms with E-state index in [0.29, 0.717) is 10.8 Å². The lowest BCUT2D eigenvalue weighted by Gasteiger charge is -2.26. The first kappa shape index (κ1) is 16.1. The van der Waals surface area contributed by atoms with Crippen LogP contribution in [0.2, 0.25) is 0 Å². The van der Waals surface area contributed by atoms with Crippen LogP contribution in [0.25, 0.3) is 21.5 Å². The number of carbonyl (C=O) groups is 4. The smallest absolute Gasteiger partial charge is 0.258 e. The molecule has 5 rings (SSSR count). The fraction of sp³-hybridized carbons (Fsp3) is 0. The van der Waals surface area contributed by atoms with Crippen LogP contribution in [0.5, 0.6) is 0 Å². The van der Waals surface area contributed by atoms with Crippen molar-refractivity contribution in [2.45, 2.75) is 0 Å². The van der Waals surface area contributed by atoms with Gasteiger partial charge in [0.15, 0.2) is 0 Å². The predicted octanol–water partition coefficient (Wildman–Crippen LogP) is 2.85. The molecule has 6 nitrogen and oxygen atoms in total. The molecule has 3 aromatic rings. The molecule has 0 saturated heterocycles. The molecule has 0 aliphatic carbocycles. The van der Waals surface area contributed by atoms with Crippen molar-refractivity contribution in [1.82, 2.24) is 0 Å². The van der Waals surface area contributed by atoms with E-state index in [1.165, 1.54) is 24.3 Å². The van der Waals surface area contributed by atoms with Crippen molar-refractivity contribution in [3.8, 4) is 0 Å². The Balaban J connectivity index is 1.99. The highest BCUT2D eigenvalue weighted by atomic mass is 16.2. The highest BCUT2D eigenvalue weighted by Gasteiger charge is 2.36. The van der Waals surface area contributed by atoms with Crippen LogP contribution in [0.4, 0.5) is 11.4 Å². The second kappa shape index (κ2) is 5.72. The maximum absolute atomic E-state index is 12.5. The number of carbonyl (C=O) groups excluding carboxylic acids is 4. The Labute approximate surface area is 158 Å². The number of fused-ring (bicyclic) bond motifs is 3. The van der Waals surface area contributed by atoms with Gasteiger partial charge in [-0.2, -0.15) is 0 Å². The molecule has 2 aliphatic heterocycles. The monoisotopic (exact) mass is 368 g/mol. The zero-order valence-electron chi connectivity index (χ0n) is 14.5. The zero-order valence-corrected chi connectivity index (χ0v) is 14.5. The van der Waals surface area contributed by atoms with Gasteiger partial charge in [-0.3, -0.25) is 19.2 Å². The number of hydrogen-bond donors (Lipinski definition) is 0. The summed E-state index contributed by atoms with van der Waals surface area (Å²) in [6.45, 7) is 0. The normalized spacial score (nSPS) is 16.4. The average Bonchev–Trinajstić information content (AvgIpc) is 3.22. The van der Waals surface area contributed by atoms with Gasteiger partial charge in [-0.25, -0.2) is 9.80 Å². The molecule has 28 heavy (non-hydrogen) atoms. The second-order valence-electron chi connectivity index (χ2n) is 6.48. The molecule has 6 heteroatoms. The van der Waals surface area contributed by atoms with Gasteiger partial charge in [0.2, 0.25) is 0 Å². The average molecular weight is 368 g/mol. The van der Waals surface area contributed by atoms with Gasteiger partial charge in [0, 0.05) is 35.1 Å². The number of hydrogen-bond acceptors (Lipinski definition) is 4. The van der Waals surface area contributed by atoms with Gasteiger partial charge in [-0.05, 0) is 10.8 Å². The van der Waals surface area contributed by atoms with Gasteiger partial charge in [-0.15, -0.1) is 0 Å². The van der Waals surface area contributed by atoms with Gasteiger partial charge < -0.3 is 0 Å². The molecular formula is C22H12N2O4. The van der Waals surface area contributed by atoms with Crippen LogP contribution in [-0.2, 0) is 19.2 Å². The maximum Gasteiger partial charge on any atom is 0.258 e. The van der Waals surface area contributed by atoms with Crippen molar-refractivity contribution in [2.75, 3.05) is 9.80 Å². The molecule has 0 N–H and O–H groups in total. The standard InChI is InChI=1S/C22H12N2O4/c25-17-9-10-18(26)23(17)21-15-7-3-1-5-13(15)14-6-2-4-8-16(14)22(21)24-19(27)11-12-20(24)28/h1-12H. The SMILES string of the molecule is O=C1C=CC(=O)N1c1c(N2C(=O)C=CC2=O)c2ccccc2c2ccccc12. The second-order valence-corrected chi connectivity index (χ2v) is 6.48. The summed E-state index contributed by atoms with van der Waals surface area (Å²) in [6.07, 6.45) is 4.73. The summed E-state index contributed by atoms with van der Waals surface area (Å²) in [7, 11) is 0. The van der Waals surface area contributed by atoms with E-state index in [-0.39, 0.29) is 11.4 Å². The maximum atomic E-state index is 12.5. The van der Waals surface area contributed by atoms with Crippen molar-refractivity contribution >= 4 is 56.5 Å². The van der Waals surface area contributed by atoms with E-state index in [4.69, 9.17) is 0 Å². The van der Waals surface area contributed by atoms with E-state index >= 15 is 0 Å². The lowest BCUT2D eigenvalue weighted by atomic mass is 9.96. The first-order valence-corrected chi connectivity index (χ1v) is 8.63. The van der Waals surface area contributed by atoms with Crippen LogP contribution in [0.1, 0.15) is 0 Å². The van der Waals surface area contributed by atoms with Crippen LogP contribution in [-0.4, -0.2) is 23.6 Å². The van der Waals surface area contributed by atoms with E-state index in [1.807, 2.05) is 24.3 Å². The molecule has 0 fully saturated rings. The zero-order chi connectivity index (χ0) is 19.4. The molecule has 4 amide bonds. The van der Waals surface area contributed by atoms with Gasteiger partial charge >= 0.3 is 0 Å². The lowest BCUT2D eigenvalue weighted by molar-refractivity contribution is -0.121. The highest BCUT2D eigenvalue weighted by Crippen LogP contribution is 2.45. The fourth-order valence-corrected chi connectivity index (χ4v) is 3.80. The van der Waals surface area contributed by atoms with Crippen LogP contribution in [0.15, 0.2) is 72.8 Å².